The van der Waals surface area contributed by atoms with Crippen LogP contribution in [0.15, 0.2) is 54.6 Å². The van der Waals surface area contributed by atoms with Crippen molar-refractivity contribution in [1.29, 1.82) is 0 Å². The molecule has 11 heteroatoms. The van der Waals surface area contributed by atoms with Crippen LogP contribution in [0.3, 0.4) is 0 Å². The Kier molecular flexibility index (Phi) is 8.65. The highest BCUT2D eigenvalue weighted by atomic mass is 16.5. The molecule has 0 saturated carbocycles. The Bertz CT molecular complexity index is 2240. The minimum atomic E-state index is -0.254. The van der Waals surface area contributed by atoms with Crippen molar-refractivity contribution in [1.82, 2.24) is 19.9 Å². The number of nitrogens with one attached hydrogen (secondary N) is 2. The molecule has 3 N–H and O–H groups in total. The summed E-state index contributed by atoms with van der Waals surface area (Å²) in [7, 11) is 9.50. The summed E-state index contributed by atoms with van der Waals surface area (Å²) >= 11 is 0. The van der Waals surface area contributed by atoms with E-state index in [-0.39, 0.29) is 6.61 Å². The molecule has 3 aromatic heterocycles. The van der Waals surface area contributed by atoms with Crippen LogP contribution in [0, 0.1) is 0 Å². The Morgan fingerprint density at radius 1 is 0.520 bits per heavy atom. The maximum Gasteiger partial charge on any atom is 0.203 e. The summed E-state index contributed by atoms with van der Waals surface area (Å²) in [5, 5.41) is 10.7. The van der Waals surface area contributed by atoms with Gasteiger partial charge in [-0.2, -0.15) is 0 Å². The number of nitrogens with zero attached hydrogens (tertiary/aromatic N) is 2. The summed E-state index contributed by atoms with van der Waals surface area (Å²) < 4.78 is 34.0. The highest BCUT2D eigenvalue weighted by molar-refractivity contribution is 5.95. The number of aliphatic hydroxyl groups is 1. The topological polar surface area (TPSA) is 133 Å². The molecule has 0 radical (unpaired) electrons. The van der Waals surface area contributed by atoms with Crippen molar-refractivity contribution < 1.29 is 33.5 Å². The van der Waals surface area contributed by atoms with E-state index < -0.39 is 0 Å². The molecule has 5 heterocycles. The zero-order valence-corrected chi connectivity index (χ0v) is 28.5. The van der Waals surface area contributed by atoms with E-state index in [9.17, 15) is 5.11 Å². The maximum atomic E-state index is 10.7. The van der Waals surface area contributed by atoms with E-state index in [2.05, 4.69) is 9.97 Å². The second-order valence-corrected chi connectivity index (χ2v) is 11.4. The number of hydrogen-bond acceptors (Lipinski definition) is 9. The van der Waals surface area contributed by atoms with Crippen LogP contribution in [-0.4, -0.2) is 67.7 Å². The number of hydrogen-bond donors (Lipinski definition) is 3. The van der Waals surface area contributed by atoms with Gasteiger partial charge in [0.05, 0.1) is 72.0 Å². The Morgan fingerprint density at radius 3 is 1.54 bits per heavy atom. The summed E-state index contributed by atoms with van der Waals surface area (Å²) in [4.78, 5) is 17.2. The Morgan fingerprint density at radius 2 is 1.00 bits per heavy atom. The number of aliphatic hydroxyl groups excluding tert-OH is 1. The predicted octanol–water partition coefficient (Wildman–Crippen LogP) is 7.53. The monoisotopic (exact) mass is 672 g/mol. The fourth-order valence-corrected chi connectivity index (χ4v) is 6.42. The smallest absolute Gasteiger partial charge is 0.203 e. The Labute approximate surface area is 288 Å². The van der Waals surface area contributed by atoms with Crippen LogP contribution in [0.1, 0.15) is 28.3 Å². The summed E-state index contributed by atoms with van der Waals surface area (Å²) in [6.45, 7) is -0.254. The number of H-pyrrole nitrogens is 2. The van der Waals surface area contributed by atoms with Gasteiger partial charge in [0.25, 0.3) is 0 Å². The van der Waals surface area contributed by atoms with Crippen LogP contribution < -0.4 is 28.4 Å². The minimum absolute atomic E-state index is 0.254. The summed E-state index contributed by atoms with van der Waals surface area (Å²) in [5.74, 6) is 3.04. The molecule has 2 aliphatic rings. The van der Waals surface area contributed by atoms with Gasteiger partial charge < -0.3 is 43.5 Å². The van der Waals surface area contributed by atoms with E-state index in [0.29, 0.717) is 57.0 Å². The number of benzene rings is 2. The van der Waals surface area contributed by atoms with Crippen LogP contribution in [0.5, 0.6) is 34.5 Å². The first-order valence-electron chi connectivity index (χ1n) is 15.8. The Hall–Kier alpha value is -6.20. The van der Waals surface area contributed by atoms with Gasteiger partial charge in [-0.1, -0.05) is 0 Å². The molecule has 0 aliphatic carbocycles. The number of fused-ring (bicyclic) bond motifs is 8. The lowest BCUT2D eigenvalue weighted by Crippen LogP contribution is -1.96. The first-order chi connectivity index (χ1) is 24.4. The van der Waals surface area contributed by atoms with Crippen LogP contribution >= 0.6 is 0 Å². The van der Waals surface area contributed by atoms with Crippen molar-refractivity contribution in [3.05, 3.63) is 82.9 Å². The van der Waals surface area contributed by atoms with Crippen molar-refractivity contribution in [2.24, 2.45) is 0 Å². The van der Waals surface area contributed by atoms with E-state index in [0.717, 1.165) is 50.2 Å². The van der Waals surface area contributed by atoms with Crippen molar-refractivity contribution in [3.63, 3.8) is 0 Å². The molecule has 0 unspecified atom stereocenters. The number of aromatic nitrogens is 4. The second kappa shape index (κ2) is 13.4. The summed E-state index contributed by atoms with van der Waals surface area (Å²) in [6, 6.07) is 17.5. The van der Waals surface area contributed by atoms with Gasteiger partial charge >= 0.3 is 0 Å². The minimum Gasteiger partial charge on any atom is -0.493 e. The van der Waals surface area contributed by atoms with Crippen molar-refractivity contribution in [2.45, 2.75) is 6.61 Å². The molecule has 50 heavy (non-hydrogen) atoms. The molecule has 0 spiro atoms. The molecule has 254 valence electrons. The van der Waals surface area contributed by atoms with E-state index in [4.69, 9.17) is 38.4 Å². The maximum absolute atomic E-state index is 10.7. The number of ether oxygens (including phenoxy) is 6. The van der Waals surface area contributed by atoms with Crippen molar-refractivity contribution in [2.75, 3.05) is 42.7 Å². The zero-order chi connectivity index (χ0) is 34.9. The SMILES string of the molecule is COc1cc(-c2c3nc(c(CO)c4ccc([nH]4)c(-c4cc(OC)c(OC)c(OC)c4)c4nc(cc5ccc2[nH]5)C=C4)C=C3)cc(OC)c1OC. The molecule has 7 rings (SSSR count). The second-order valence-electron chi connectivity index (χ2n) is 11.4. The predicted molar refractivity (Wildman–Crippen MR) is 195 cm³/mol. The van der Waals surface area contributed by atoms with Gasteiger partial charge in [0, 0.05) is 38.8 Å². The molecule has 0 atom stereocenters. The summed E-state index contributed by atoms with van der Waals surface area (Å²) in [6.07, 6.45) is 7.78. The third-order valence-corrected chi connectivity index (χ3v) is 8.75. The van der Waals surface area contributed by atoms with Crippen LogP contribution in [0.4, 0.5) is 0 Å². The van der Waals surface area contributed by atoms with Crippen LogP contribution in [0.25, 0.3) is 68.6 Å². The van der Waals surface area contributed by atoms with Crippen LogP contribution in [-0.2, 0) is 6.61 Å². The fraction of sp³-hybridized carbons (Fsp3) is 0.179. The quantitative estimate of drug-likeness (QED) is 0.142. The lowest BCUT2D eigenvalue weighted by molar-refractivity contribution is 0.282. The lowest BCUT2D eigenvalue weighted by atomic mass is 10.0. The fourth-order valence-electron chi connectivity index (χ4n) is 6.42. The van der Waals surface area contributed by atoms with Gasteiger partial charge in [-0.3, -0.25) is 0 Å². The van der Waals surface area contributed by atoms with Gasteiger partial charge in [-0.05, 0) is 90.0 Å². The van der Waals surface area contributed by atoms with Gasteiger partial charge in [-0.25, -0.2) is 9.97 Å². The van der Waals surface area contributed by atoms with E-state index in [1.54, 1.807) is 42.7 Å². The number of aromatic amines is 2. The van der Waals surface area contributed by atoms with Gasteiger partial charge in [0.1, 0.15) is 0 Å². The molecule has 0 fully saturated rings. The van der Waals surface area contributed by atoms with Gasteiger partial charge in [0.15, 0.2) is 23.0 Å². The molecular formula is C39H36N4O7. The first kappa shape index (κ1) is 32.4. The third kappa shape index (κ3) is 5.57. The van der Waals surface area contributed by atoms with Crippen molar-refractivity contribution >= 4 is 46.4 Å². The lowest BCUT2D eigenvalue weighted by Gasteiger charge is -2.15. The molecule has 2 aliphatic heterocycles. The molecule has 2 aromatic carbocycles. The third-order valence-electron chi connectivity index (χ3n) is 8.75. The summed E-state index contributed by atoms with van der Waals surface area (Å²) in [5.41, 5.74) is 9.74. The average molecular weight is 673 g/mol. The molecule has 8 bridgehead atoms. The largest absolute Gasteiger partial charge is 0.493 e. The van der Waals surface area contributed by atoms with Gasteiger partial charge in [-0.15, -0.1) is 0 Å². The standard InChI is InChI=1S/C39H36N4O7/c1-45-32-15-21(16-33(46-2)38(32)49-5)36-28-9-7-23(40-28)19-24-8-10-29(41-24)37(22-17-34(47-3)39(50-6)35(18-22)48-4)31-14-12-27(43-31)25(20-44)26-11-13-30(36)42-26/h7-19,40,43-44H,20H2,1-6H3. The Balaban J connectivity index is 1.57. The number of rotatable bonds is 9. The molecule has 0 amide bonds. The highest BCUT2D eigenvalue weighted by Crippen LogP contribution is 2.45. The van der Waals surface area contributed by atoms with Gasteiger partial charge in [0.2, 0.25) is 11.5 Å². The van der Waals surface area contributed by atoms with E-state index in [1.165, 1.54) is 0 Å². The highest BCUT2D eigenvalue weighted by Gasteiger charge is 2.21. The van der Waals surface area contributed by atoms with E-state index in [1.807, 2.05) is 78.9 Å². The molecule has 0 saturated heterocycles. The first-order valence-corrected chi connectivity index (χ1v) is 15.8. The normalized spacial score (nSPS) is 11.8. The number of methoxy groups -OCH3 is 6. The van der Waals surface area contributed by atoms with Crippen molar-refractivity contribution in [3.8, 4) is 56.8 Å². The van der Waals surface area contributed by atoms with Crippen LogP contribution in [0.2, 0.25) is 0 Å². The average Bonchev–Trinajstić information content (AvgIpc) is 3.98. The van der Waals surface area contributed by atoms with E-state index >= 15 is 0 Å². The zero-order valence-electron chi connectivity index (χ0n) is 28.5. The molecule has 11 nitrogen and oxygen atoms in total. The molecule has 5 aromatic rings. The molecular weight excluding hydrogens is 636 g/mol.